The van der Waals surface area contributed by atoms with Gasteiger partial charge in [0.15, 0.2) is 0 Å². The second-order valence-corrected chi connectivity index (χ2v) is 7.41. The van der Waals surface area contributed by atoms with Gasteiger partial charge in [-0.1, -0.05) is 60.7 Å². The summed E-state index contributed by atoms with van der Waals surface area (Å²) in [7, 11) is 0. The Morgan fingerprint density at radius 1 is 1.04 bits per heavy atom. The minimum Gasteiger partial charge on any atom is -0.465 e. The van der Waals surface area contributed by atoms with Gasteiger partial charge in [-0.25, -0.2) is 4.79 Å². The zero-order valence-electron chi connectivity index (χ0n) is 15.9. The van der Waals surface area contributed by atoms with Crippen LogP contribution in [0, 0.1) is 0 Å². The van der Waals surface area contributed by atoms with E-state index in [1.807, 2.05) is 43.3 Å². The molecule has 0 aliphatic carbocycles. The van der Waals surface area contributed by atoms with Gasteiger partial charge in [-0.3, -0.25) is 4.90 Å². The van der Waals surface area contributed by atoms with Gasteiger partial charge in [0.1, 0.15) is 0 Å². The average molecular weight is 368 g/mol. The number of carboxylic acid groups (broad SMARTS) is 1. The number of piperazine rings is 1. The largest absolute Gasteiger partial charge is 0.465 e. The summed E-state index contributed by atoms with van der Waals surface area (Å²) in [5, 5.41) is 9.66. The van der Waals surface area contributed by atoms with Crippen LogP contribution in [0.5, 0.6) is 0 Å². The molecular formula is C22H28N2O3. The van der Waals surface area contributed by atoms with Gasteiger partial charge >= 0.3 is 6.09 Å². The number of nitrogens with zero attached hydrogens (tertiary/aromatic N) is 2. The Bertz CT molecular complexity index is 723. The van der Waals surface area contributed by atoms with E-state index in [0.29, 0.717) is 32.7 Å². The number of benzene rings is 2. The number of rotatable bonds is 7. The van der Waals surface area contributed by atoms with Crippen LogP contribution in [-0.2, 0) is 17.8 Å². The molecule has 2 aromatic carbocycles. The third-order valence-electron chi connectivity index (χ3n) is 5.18. The molecule has 1 N–H and O–H groups in total. The summed E-state index contributed by atoms with van der Waals surface area (Å²) >= 11 is 0. The highest BCUT2D eigenvalue weighted by Crippen LogP contribution is 2.26. The van der Waals surface area contributed by atoms with Gasteiger partial charge in [-0.15, -0.1) is 0 Å². The monoisotopic (exact) mass is 368 g/mol. The zero-order valence-corrected chi connectivity index (χ0v) is 15.9. The third kappa shape index (κ3) is 5.31. The van der Waals surface area contributed by atoms with Crippen molar-refractivity contribution in [3.63, 3.8) is 0 Å². The Morgan fingerprint density at radius 3 is 2.30 bits per heavy atom. The van der Waals surface area contributed by atoms with Crippen molar-refractivity contribution in [1.29, 1.82) is 0 Å². The van der Waals surface area contributed by atoms with Crippen LogP contribution in [0.2, 0.25) is 0 Å². The van der Waals surface area contributed by atoms with Crippen LogP contribution in [0.15, 0.2) is 60.7 Å². The predicted molar refractivity (Wildman–Crippen MR) is 106 cm³/mol. The molecule has 27 heavy (non-hydrogen) atoms. The van der Waals surface area contributed by atoms with Gasteiger partial charge in [0.2, 0.25) is 0 Å². The highest BCUT2D eigenvalue weighted by Gasteiger charge is 2.40. The van der Waals surface area contributed by atoms with Gasteiger partial charge in [0, 0.05) is 26.2 Å². The molecule has 0 saturated carbocycles. The molecule has 3 rings (SSSR count). The van der Waals surface area contributed by atoms with Crippen LogP contribution in [0.3, 0.4) is 0 Å². The first-order chi connectivity index (χ1) is 13.1. The summed E-state index contributed by atoms with van der Waals surface area (Å²) in [6.45, 7) is 6.09. The maximum absolute atomic E-state index is 11.8. The quantitative estimate of drug-likeness (QED) is 0.760. The van der Waals surface area contributed by atoms with Gasteiger partial charge in [-0.05, 0) is 24.5 Å². The van der Waals surface area contributed by atoms with Crippen molar-refractivity contribution in [3.8, 4) is 0 Å². The predicted octanol–water partition coefficient (Wildman–Crippen LogP) is 3.50. The first-order valence-corrected chi connectivity index (χ1v) is 9.45. The molecule has 1 fully saturated rings. The highest BCUT2D eigenvalue weighted by molar-refractivity contribution is 5.66. The summed E-state index contributed by atoms with van der Waals surface area (Å²) in [4.78, 5) is 15.7. The van der Waals surface area contributed by atoms with Gasteiger partial charge < -0.3 is 14.7 Å². The maximum Gasteiger partial charge on any atom is 0.407 e. The third-order valence-corrected chi connectivity index (χ3v) is 5.18. The fourth-order valence-electron chi connectivity index (χ4n) is 3.82. The lowest BCUT2D eigenvalue weighted by molar-refractivity contribution is 0.00254. The smallest absolute Gasteiger partial charge is 0.407 e. The topological polar surface area (TPSA) is 53.0 Å². The first-order valence-electron chi connectivity index (χ1n) is 9.45. The SMILES string of the molecule is C[C@]1(Cc2ccccc2)CN(CCOCc2ccccc2)CCN1C(=O)O. The van der Waals surface area contributed by atoms with E-state index in [0.717, 1.165) is 18.7 Å². The van der Waals surface area contributed by atoms with E-state index < -0.39 is 11.6 Å². The summed E-state index contributed by atoms with van der Waals surface area (Å²) in [5.74, 6) is 0. The maximum atomic E-state index is 11.8. The summed E-state index contributed by atoms with van der Waals surface area (Å²) in [6, 6.07) is 20.3. The molecule has 5 heteroatoms. The van der Waals surface area contributed by atoms with E-state index in [9.17, 15) is 9.90 Å². The Morgan fingerprint density at radius 2 is 1.67 bits per heavy atom. The number of hydrogen-bond donors (Lipinski definition) is 1. The Balaban J connectivity index is 1.56. The van der Waals surface area contributed by atoms with Crippen molar-refractivity contribution in [2.75, 3.05) is 32.8 Å². The van der Waals surface area contributed by atoms with Crippen LogP contribution in [-0.4, -0.2) is 59.3 Å². The lowest BCUT2D eigenvalue weighted by Crippen LogP contribution is -2.63. The Hall–Kier alpha value is -2.37. The van der Waals surface area contributed by atoms with Crippen molar-refractivity contribution < 1.29 is 14.6 Å². The van der Waals surface area contributed by atoms with Crippen LogP contribution < -0.4 is 0 Å². The fourth-order valence-corrected chi connectivity index (χ4v) is 3.82. The molecule has 1 heterocycles. The highest BCUT2D eigenvalue weighted by atomic mass is 16.5. The molecule has 1 aliphatic rings. The second-order valence-electron chi connectivity index (χ2n) is 7.41. The van der Waals surface area contributed by atoms with E-state index in [1.165, 1.54) is 5.56 Å². The number of hydrogen-bond acceptors (Lipinski definition) is 3. The van der Waals surface area contributed by atoms with Gasteiger partial charge in [-0.2, -0.15) is 0 Å². The molecular weight excluding hydrogens is 340 g/mol. The molecule has 0 unspecified atom stereocenters. The van der Waals surface area contributed by atoms with E-state index in [4.69, 9.17) is 4.74 Å². The van der Waals surface area contributed by atoms with Crippen molar-refractivity contribution in [2.24, 2.45) is 0 Å². The van der Waals surface area contributed by atoms with Crippen LogP contribution >= 0.6 is 0 Å². The zero-order chi connectivity index (χ0) is 19.1. The lowest BCUT2D eigenvalue weighted by Gasteiger charge is -2.48. The molecule has 1 atom stereocenters. The van der Waals surface area contributed by atoms with E-state index in [2.05, 4.69) is 29.2 Å². The van der Waals surface area contributed by atoms with Crippen molar-refractivity contribution in [1.82, 2.24) is 9.80 Å². The van der Waals surface area contributed by atoms with Gasteiger partial charge in [0.25, 0.3) is 0 Å². The number of amides is 1. The van der Waals surface area contributed by atoms with Crippen molar-refractivity contribution in [3.05, 3.63) is 71.8 Å². The molecule has 2 aromatic rings. The van der Waals surface area contributed by atoms with E-state index in [-0.39, 0.29) is 0 Å². The van der Waals surface area contributed by atoms with Crippen LogP contribution in [0.1, 0.15) is 18.1 Å². The number of carbonyl (C=O) groups is 1. The Labute approximate surface area is 161 Å². The van der Waals surface area contributed by atoms with Crippen molar-refractivity contribution >= 4 is 6.09 Å². The summed E-state index contributed by atoms with van der Waals surface area (Å²) < 4.78 is 5.81. The van der Waals surface area contributed by atoms with Crippen molar-refractivity contribution in [2.45, 2.75) is 25.5 Å². The molecule has 1 aliphatic heterocycles. The van der Waals surface area contributed by atoms with E-state index in [1.54, 1.807) is 4.90 Å². The second kappa shape index (κ2) is 9.02. The molecule has 1 saturated heterocycles. The fraction of sp³-hybridized carbons (Fsp3) is 0.409. The van der Waals surface area contributed by atoms with Crippen LogP contribution in [0.4, 0.5) is 4.79 Å². The molecule has 0 radical (unpaired) electrons. The lowest BCUT2D eigenvalue weighted by atomic mass is 9.88. The van der Waals surface area contributed by atoms with Gasteiger partial charge in [0.05, 0.1) is 18.8 Å². The summed E-state index contributed by atoms with van der Waals surface area (Å²) in [5.41, 5.74) is 1.89. The molecule has 1 amide bonds. The molecule has 5 nitrogen and oxygen atoms in total. The van der Waals surface area contributed by atoms with Crippen LogP contribution in [0.25, 0.3) is 0 Å². The summed E-state index contributed by atoms with van der Waals surface area (Å²) in [6.07, 6.45) is -0.130. The molecule has 144 valence electrons. The molecule has 0 bridgehead atoms. The molecule has 0 spiro atoms. The number of ether oxygens (including phenoxy) is 1. The first kappa shape index (κ1) is 19.4. The minimum absolute atomic E-state index is 0.440. The average Bonchev–Trinajstić information content (AvgIpc) is 2.66. The normalized spacial score (nSPS) is 20.6. The minimum atomic E-state index is -0.839. The Kier molecular flexibility index (Phi) is 6.48. The molecule has 0 aromatic heterocycles. The van der Waals surface area contributed by atoms with E-state index >= 15 is 0 Å². The standard InChI is InChI=1S/C22H28N2O3/c1-22(16-19-8-4-2-5-9-19)18-23(12-13-24(22)21(25)26)14-15-27-17-20-10-6-3-7-11-20/h2-11H,12-18H2,1H3,(H,25,26)/t22-/m0/s1.